The number of aryl methyl sites for hydroxylation is 1. The molecule has 2 heterocycles. The molecule has 0 atom stereocenters. The molecule has 1 aliphatic carbocycles. The number of nitrogens with zero attached hydrogens (tertiary/aromatic N) is 2. The summed E-state index contributed by atoms with van der Waals surface area (Å²) in [7, 11) is 0. The molecule has 2 aliphatic heterocycles. The lowest BCUT2D eigenvalue weighted by atomic mass is 9.81. The molecule has 0 saturated carbocycles. The molecule has 0 radical (unpaired) electrons. The zero-order chi connectivity index (χ0) is 47.2. The maximum Gasteiger partial charge on any atom is 0.251 e. The monoisotopic (exact) mass is 1030 g/mol. The topological polar surface area (TPSA) is 92.1 Å². The summed E-state index contributed by atoms with van der Waals surface area (Å²) in [5.41, 5.74) is 11.8. The highest BCUT2D eigenvalue weighted by Gasteiger charge is 2.44. The van der Waals surface area contributed by atoms with Crippen molar-refractivity contribution in [2.75, 3.05) is 57.5 Å². The molecule has 0 fully saturated rings. The maximum absolute atomic E-state index is 12.7. The Bertz CT molecular complexity index is 2500. The molecule has 0 spiro atoms. The molecular formula is C58H71IN4O5. The Hall–Kier alpha value is -5.30. The van der Waals surface area contributed by atoms with Crippen molar-refractivity contribution in [3.8, 4) is 5.75 Å². The number of hydrogen-bond acceptors (Lipinski definition) is 6. The summed E-state index contributed by atoms with van der Waals surface area (Å²) in [5, 5.41) is 5.80. The molecule has 2 N–H and O–H groups in total. The number of rotatable bonds is 22. The first-order valence-corrected chi connectivity index (χ1v) is 24.5. The molecule has 0 bridgehead atoms. The van der Waals surface area contributed by atoms with Crippen molar-refractivity contribution in [2.24, 2.45) is 0 Å². The van der Waals surface area contributed by atoms with E-state index in [9.17, 15) is 9.59 Å². The summed E-state index contributed by atoms with van der Waals surface area (Å²) in [5.74, 6) is 1.57. The van der Waals surface area contributed by atoms with Crippen molar-refractivity contribution in [1.29, 1.82) is 0 Å². The molecule has 7 rings (SSSR count). The van der Waals surface area contributed by atoms with Crippen LogP contribution < -0.4 is 44.2 Å². The van der Waals surface area contributed by atoms with E-state index in [0.29, 0.717) is 57.9 Å². The third kappa shape index (κ3) is 12.7. The standard InChI is InChI=1S/C58H70N4O5.HI/c1-7-37-61-50-23-14-12-21-48(50)57(3,4)52(61)32-28-44-19-16-20-45(29-33-53-58(5,6)49-22-13-15-24-51(49)62(53)38-8-2)55(44)67-47-30-25-43(26-31-47)27-34-54(63)59-35-39-65-41-42-66-40-36-60-56(64)46-17-10-9-11-18-46;/h9-15,17-18,21-26,28-33H,7-8,16,19-20,27,34-42H2,1-6H3,(H-,59,60,63,64);1H. The SMILES string of the molecule is CCCN1/C(=C/C=C2\CCCC(/C=C/C3=[N+](CCC)c4ccccc4C3(C)C)=C2Oc2ccc(CCC(=O)NCCOCCOCCNC(=O)c3ccccc3)cc2)C(C)(C)c2ccccc21.[I-]. The molecule has 2 amide bonds. The van der Waals surface area contributed by atoms with Crippen LogP contribution in [0, 0.1) is 0 Å². The Kier molecular flexibility index (Phi) is 19.0. The Labute approximate surface area is 422 Å². The number of fused-ring (bicyclic) bond motifs is 2. The fourth-order valence-electron chi connectivity index (χ4n) is 9.62. The number of para-hydroxylation sites is 2. The van der Waals surface area contributed by atoms with Crippen molar-refractivity contribution in [3.63, 3.8) is 0 Å². The molecule has 9 nitrogen and oxygen atoms in total. The van der Waals surface area contributed by atoms with Crippen molar-refractivity contribution in [1.82, 2.24) is 10.6 Å². The van der Waals surface area contributed by atoms with E-state index in [1.165, 1.54) is 45.1 Å². The lowest BCUT2D eigenvalue weighted by molar-refractivity contribution is -0.437. The molecule has 4 aromatic rings. The predicted octanol–water partition coefficient (Wildman–Crippen LogP) is 8.08. The quantitative estimate of drug-likeness (QED) is 0.0471. The van der Waals surface area contributed by atoms with Crippen LogP contribution in [0.3, 0.4) is 0 Å². The summed E-state index contributed by atoms with van der Waals surface area (Å²) >= 11 is 0. The van der Waals surface area contributed by atoms with E-state index in [0.717, 1.165) is 62.3 Å². The summed E-state index contributed by atoms with van der Waals surface area (Å²) in [6, 6.07) is 35.0. The van der Waals surface area contributed by atoms with Gasteiger partial charge in [0.25, 0.3) is 5.91 Å². The number of anilines is 1. The van der Waals surface area contributed by atoms with E-state index >= 15 is 0 Å². The minimum atomic E-state index is -0.129. The van der Waals surface area contributed by atoms with Gasteiger partial charge in [0.15, 0.2) is 5.71 Å². The first-order valence-electron chi connectivity index (χ1n) is 24.5. The molecule has 10 heteroatoms. The largest absolute Gasteiger partial charge is 1.00 e. The highest BCUT2D eigenvalue weighted by molar-refractivity contribution is 6.03. The van der Waals surface area contributed by atoms with Crippen LogP contribution in [-0.2, 0) is 31.5 Å². The van der Waals surface area contributed by atoms with Gasteiger partial charge in [0.2, 0.25) is 11.6 Å². The number of carbonyl (C=O) groups is 2. The van der Waals surface area contributed by atoms with E-state index in [-0.39, 0.29) is 46.6 Å². The average molecular weight is 1030 g/mol. The van der Waals surface area contributed by atoms with Crippen LogP contribution in [0.15, 0.2) is 150 Å². The molecule has 68 heavy (non-hydrogen) atoms. The second-order valence-electron chi connectivity index (χ2n) is 18.7. The fourth-order valence-corrected chi connectivity index (χ4v) is 9.62. The van der Waals surface area contributed by atoms with Gasteiger partial charge in [-0.2, -0.15) is 4.58 Å². The van der Waals surface area contributed by atoms with Gasteiger partial charge in [-0.05, 0) is 111 Å². The van der Waals surface area contributed by atoms with Crippen LogP contribution in [0.25, 0.3) is 0 Å². The van der Waals surface area contributed by atoms with E-state index in [1.807, 2.05) is 30.3 Å². The molecule has 360 valence electrons. The molecule has 0 unspecified atom stereocenters. The Morgan fingerprint density at radius 3 is 2.12 bits per heavy atom. The smallest absolute Gasteiger partial charge is 0.251 e. The summed E-state index contributed by atoms with van der Waals surface area (Å²) < 4.78 is 20.7. The van der Waals surface area contributed by atoms with E-state index in [2.05, 4.69) is 147 Å². The minimum Gasteiger partial charge on any atom is -1.00 e. The Morgan fingerprint density at radius 2 is 1.40 bits per heavy atom. The van der Waals surface area contributed by atoms with Gasteiger partial charge in [-0.25, -0.2) is 0 Å². The summed E-state index contributed by atoms with van der Waals surface area (Å²) in [6.07, 6.45) is 15.4. The predicted molar refractivity (Wildman–Crippen MR) is 272 cm³/mol. The van der Waals surface area contributed by atoms with Gasteiger partial charge in [-0.3, -0.25) is 9.59 Å². The average Bonchev–Trinajstić information content (AvgIpc) is 3.69. The van der Waals surface area contributed by atoms with Gasteiger partial charge >= 0.3 is 0 Å². The third-order valence-electron chi connectivity index (χ3n) is 13.1. The van der Waals surface area contributed by atoms with Crippen LogP contribution in [0.1, 0.15) is 107 Å². The van der Waals surface area contributed by atoms with Crippen molar-refractivity contribution < 1.29 is 52.4 Å². The zero-order valence-electron chi connectivity index (χ0n) is 41.0. The summed E-state index contributed by atoms with van der Waals surface area (Å²) in [4.78, 5) is 27.4. The molecule has 4 aromatic carbocycles. The van der Waals surface area contributed by atoms with E-state index in [4.69, 9.17) is 14.2 Å². The lowest BCUT2D eigenvalue weighted by Crippen LogP contribution is -3.00. The normalized spacial score (nSPS) is 17.1. The third-order valence-corrected chi connectivity index (χ3v) is 13.1. The molecular weight excluding hydrogens is 960 g/mol. The Balaban J connectivity index is 0.00000761. The second kappa shape index (κ2) is 24.8. The molecule has 0 aromatic heterocycles. The van der Waals surface area contributed by atoms with Crippen molar-refractivity contribution in [2.45, 2.75) is 97.3 Å². The lowest BCUT2D eigenvalue weighted by Gasteiger charge is -2.27. The van der Waals surface area contributed by atoms with Gasteiger partial charge in [-0.15, -0.1) is 0 Å². The number of allylic oxidation sites excluding steroid dienone is 7. The van der Waals surface area contributed by atoms with Crippen LogP contribution in [0.2, 0.25) is 0 Å². The molecule has 3 aliphatic rings. The van der Waals surface area contributed by atoms with Crippen LogP contribution in [0.4, 0.5) is 11.4 Å². The van der Waals surface area contributed by atoms with Crippen molar-refractivity contribution >= 4 is 28.9 Å². The number of ether oxygens (including phenoxy) is 3. The zero-order valence-corrected chi connectivity index (χ0v) is 43.2. The van der Waals surface area contributed by atoms with Gasteiger partial charge < -0.3 is 53.7 Å². The van der Waals surface area contributed by atoms with Crippen LogP contribution in [-0.4, -0.2) is 74.7 Å². The number of nitrogens with one attached hydrogen (secondary N) is 2. The molecule has 0 saturated heterocycles. The van der Waals surface area contributed by atoms with Crippen LogP contribution >= 0.6 is 0 Å². The number of amides is 2. The highest BCUT2D eigenvalue weighted by Crippen LogP contribution is 2.48. The maximum atomic E-state index is 12.7. The number of hydrogen-bond donors (Lipinski definition) is 2. The van der Waals surface area contributed by atoms with Gasteiger partial charge in [0.05, 0.1) is 31.8 Å². The number of benzene rings is 4. The second-order valence-corrected chi connectivity index (χ2v) is 18.7. The van der Waals surface area contributed by atoms with Gasteiger partial charge in [0, 0.05) is 72.5 Å². The fraction of sp³-hybridized carbons (Fsp3) is 0.397. The number of halogens is 1. The Morgan fingerprint density at radius 1 is 0.721 bits per heavy atom. The van der Waals surface area contributed by atoms with Crippen LogP contribution in [0.5, 0.6) is 5.75 Å². The van der Waals surface area contributed by atoms with Gasteiger partial charge in [0.1, 0.15) is 18.1 Å². The minimum absolute atomic E-state index is 0. The number of carbonyl (C=O) groups excluding carboxylic acids is 2. The van der Waals surface area contributed by atoms with Gasteiger partial charge in [-0.1, -0.05) is 101 Å². The van der Waals surface area contributed by atoms with Crippen molar-refractivity contribution in [3.05, 3.63) is 172 Å². The first kappa shape index (κ1) is 52.1. The first-order chi connectivity index (χ1) is 32.5. The highest BCUT2D eigenvalue weighted by atomic mass is 127. The summed E-state index contributed by atoms with van der Waals surface area (Å²) in [6.45, 7) is 18.3. The van der Waals surface area contributed by atoms with E-state index in [1.54, 1.807) is 12.1 Å². The van der Waals surface area contributed by atoms with E-state index < -0.39 is 0 Å².